The molecule has 0 unspecified atom stereocenters. The third kappa shape index (κ3) is 4.53. The van der Waals surface area contributed by atoms with Crippen molar-refractivity contribution < 1.29 is 17.7 Å². The molecule has 33 heavy (non-hydrogen) atoms. The second-order valence-electron chi connectivity index (χ2n) is 8.28. The molecule has 174 valence electrons. The van der Waals surface area contributed by atoms with Gasteiger partial charge in [-0.25, -0.2) is 13.4 Å². The maximum Gasteiger partial charge on any atom is 0.262 e. The van der Waals surface area contributed by atoms with Crippen molar-refractivity contribution in [1.29, 1.82) is 0 Å². The molecule has 5 rings (SSSR count). The summed E-state index contributed by atoms with van der Waals surface area (Å²) >= 11 is 6.05. The number of carbonyl (C=O) groups excluding carboxylic acids is 1. The quantitative estimate of drug-likeness (QED) is 0.521. The summed E-state index contributed by atoms with van der Waals surface area (Å²) in [6.45, 7) is 1.68. The summed E-state index contributed by atoms with van der Waals surface area (Å²) < 4.78 is 34.1. The van der Waals surface area contributed by atoms with Crippen LogP contribution in [0.15, 0.2) is 46.3 Å². The average molecular weight is 491 g/mol. The van der Waals surface area contributed by atoms with Crippen molar-refractivity contribution in [1.82, 2.24) is 24.0 Å². The SMILES string of the molecule is O=C1C[C@@H](c2nc(Cn3cnc(S(=O)(=O)N4CCCCC4)c3)no2)CN1c1cccc(Cl)c1. The molecule has 0 radical (unpaired) electrons. The van der Waals surface area contributed by atoms with E-state index in [9.17, 15) is 13.2 Å². The van der Waals surface area contributed by atoms with E-state index in [-0.39, 0.29) is 29.8 Å². The Morgan fingerprint density at radius 1 is 1.18 bits per heavy atom. The largest absolute Gasteiger partial charge is 0.339 e. The highest BCUT2D eigenvalue weighted by molar-refractivity contribution is 7.89. The van der Waals surface area contributed by atoms with Crippen LogP contribution in [-0.2, 0) is 21.4 Å². The predicted molar refractivity (Wildman–Crippen MR) is 119 cm³/mol. The van der Waals surface area contributed by atoms with Gasteiger partial charge in [0.25, 0.3) is 10.0 Å². The molecule has 2 aliphatic rings. The molecule has 0 aliphatic carbocycles. The van der Waals surface area contributed by atoms with E-state index >= 15 is 0 Å². The van der Waals surface area contributed by atoms with Gasteiger partial charge in [-0.05, 0) is 31.0 Å². The molecule has 1 aromatic carbocycles. The topological polar surface area (TPSA) is 114 Å². The molecule has 4 heterocycles. The highest BCUT2D eigenvalue weighted by Crippen LogP contribution is 2.32. The molecule has 0 saturated carbocycles. The van der Waals surface area contributed by atoms with Crippen LogP contribution in [-0.4, -0.2) is 58.0 Å². The lowest BCUT2D eigenvalue weighted by atomic mass is 10.1. The number of hydrogen-bond acceptors (Lipinski definition) is 7. The lowest BCUT2D eigenvalue weighted by Crippen LogP contribution is -2.35. The van der Waals surface area contributed by atoms with Crippen molar-refractivity contribution in [2.45, 2.75) is 43.2 Å². The summed E-state index contributed by atoms with van der Waals surface area (Å²) in [6, 6.07) is 7.14. The van der Waals surface area contributed by atoms with Crippen LogP contribution < -0.4 is 4.90 Å². The number of carbonyl (C=O) groups is 1. The standard InChI is InChI=1S/C21H23ClN6O4S/c22-16-5-4-6-17(10-16)28-11-15(9-20(28)29)21-24-18(25-32-21)12-26-13-19(23-14-26)33(30,31)27-7-2-1-3-8-27/h4-6,10,13-15H,1-3,7-9,11-12H2/t15-/m1/s1. The van der Waals surface area contributed by atoms with Crippen LogP contribution in [0.3, 0.4) is 0 Å². The molecule has 1 amide bonds. The third-order valence-corrected chi connectivity index (χ3v) is 7.95. The molecule has 2 aromatic heterocycles. The highest BCUT2D eigenvalue weighted by atomic mass is 35.5. The van der Waals surface area contributed by atoms with Gasteiger partial charge in [-0.2, -0.15) is 9.29 Å². The number of halogens is 1. The Hall–Kier alpha value is -2.76. The molecule has 2 saturated heterocycles. The zero-order chi connectivity index (χ0) is 23.0. The number of sulfonamides is 1. The molecular weight excluding hydrogens is 468 g/mol. The summed E-state index contributed by atoms with van der Waals surface area (Å²) in [5.74, 6) is 0.502. The number of aromatic nitrogens is 4. The van der Waals surface area contributed by atoms with E-state index in [2.05, 4.69) is 15.1 Å². The zero-order valence-electron chi connectivity index (χ0n) is 17.8. The van der Waals surface area contributed by atoms with Gasteiger partial charge in [0.2, 0.25) is 11.8 Å². The Labute approximate surface area is 196 Å². The van der Waals surface area contributed by atoms with Crippen molar-refractivity contribution in [3.8, 4) is 0 Å². The van der Waals surface area contributed by atoms with E-state index in [0.717, 1.165) is 24.9 Å². The number of imidazole rings is 1. The smallest absolute Gasteiger partial charge is 0.262 e. The summed E-state index contributed by atoms with van der Waals surface area (Å²) in [5, 5.41) is 4.59. The average Bonchev–Trinajstić information content (AvgIpc) is 3.55. The summed E-state index contributed by atoms with van der Waals surface area (Å²) in [4.78, 5) is 22.7. The second-order valence-corrected chi connectivity index (χ2v) is 10.6. The number of anilines is 1. The van der Waals surface area contributed by atoms with Gasteiger partial charge in [-0.15, -0.1) is 0 Å². The fourth-order valence-corrected chi connectivity index (χ4v) is 5.86. The van der Waals surface area contributed by atoms with Gasteiger partial charge < -0.3 is 14.0 Å². The molecule has 0 N–H and O–H groups in total. The number of benzene rings is 1. The Kier molecular flexibility index (Phi) is 5.94. The first-order valence-corrected chi connectivity index (χ1v) is 12.6. The monoisotopic (exact) mass is 490 g/mol. The third-order valence-electron chi connectivity index (χ3n) is 5.93. The fraction of sp³-hybridized carbons (Fsp3) is 0.429. The Morgan fingerprint density at radius 2 is 2.00 bits per heavy atom. The molecule has 0 bridgehead atoms. The van der Waals surface area contributed by atoms with Crippen molar-refractivity contribution in [3.05, 3.63) is 53.5 Å². The number of hydrogen-bond donors (Lipinski definition) is 0. The minimum atomic E-state index is -3.60. The van der Waals surface area contributed by atoms with E-state index in [1.165, 1.54) is 16.8 Å². The van der Waals surface area contributed by atoms with Crippen LogP contribution in [0.5, 0.6) is 0 Å². The summed E-state index contributed by atoms with van der Waals surface area (Å²) in [6.07, 6.45) is 5.97. The van der Waals surface area contributed by atoms with Crippen molar-refractivity contribution >= 4 is 33.2 Å². The van der Waals surface area contributed by atoms with Gasteiger partial charge >= 0.3 is 0 Å². The number of rotatable bonds is 6. The molecule has 3 aromatic rings. The van der Waals surface area contributed by atoms with Gasteiger partial charge in [0.1, 0.15) is 0 Å². The van der Waals surface area contributed by atoms with Gasteiger partial charge in [-0.1, -0.05) is 29.2 Å². The van der Waals surface area contributed by atoms with E-state index in [1.807, 2.05) is 6.07 Å². The Morgan fingerprint density at radius 3 is 2.79 bits per heavy atom. The van der Waals surface area contributed by atoms with Crippen LogP contribution in [0, 0.1) is 0 Å². The van der Waals surface area contributed by atoms with Gasteiger partial charge in [0, 0.05) is 43.0 Å². The van der Waals surface area contributed by atoms with Gasteiger partial charge in [0.05, 0.1) is 18.8 Å². The zero-order valence-corrected chi connectivity index (χ0v) is 19.4. The highest BCUT2D eigenvalue weighted by Gasteiger charge is 2.35. The molecule has 10 nitrogen and oxygen atoms in total. The first-order chi connectivity index (χ1) is 15.9. The predicted octanol–water partition coefficient (Wildman–Crippen LogP) is 2.66. The number of amides is 1. The summed E-state index contributed by atoms with van der Waals surface area (Å²) in [7, 11) is -3.60. The number of nitrogens with zero attached hydrogens (tertiary/aromatic N) is 6. The molecule has 12 heteroatoms. The number of piperidine rings is 1. The van der Waals surface area contributed by atoms with Gasteiger partial charge in [0.15, 0.2) is 10.9 Å². The molecule has 1 atom stereocenters. The van der Waals surface area contributed by atoms with E-state index < -0.39 is 10.0 Å². The minimum absolute atomic E-state index is 0.0201. The Balaban J connectivity index is 1.26. The van der Waals surface area contributed by atoms with E-state index in [1.54, 1.807) is 27.7 Å². The van der Waals surface area contributed by atoms with Crippen LogP contribution in [0.25, 0.3) is 0 Å². The molecule has 0 spiro atoms. The minimum Gasteiger partial charge on any atom is -0.339 e. The van der Waals surface area contributed by atoms with Gasteiger partial charge in [-0.3, -0.25) is 4.79 Å². The van der Waals surface area contributed by atoms with E-state index in [0.29, 0.717) is 36.4 Å². The van der Waals surface area contributed by atoms with Crippen LogP contribution in [0.2, 0.25) is 5.02 Å². The Bertz CT molecular complexity index is 1270. The second kappa shape index (κ2) is 8.88. The maximum atomic E-state index is 12.8. The fourth-order valence-electron chi connectivity index (χ4n) is 4.22. The normalized spacial score (nSPS) is 20.0. The van der Waals surface area contributed by atoms with E-state index in [4.69, 9.17) is 16.1 Å². The van der Waals surface area contributed by atoms with Crippen molar-refractivity contribution in [2.24, 2.45) is 0 Å². The molecule has 2 fully saturated rings. The van der Waals surface area contributed by atoms with Crippen LogP contribution >= 0.6 is 11.6 Å². The van der Waals surface area contributed by atoms with Crippen LogP contribution in [0.4, 0.5) is 5.69 Å². The van der Waals surface area contributed by atoms with Crippen molar-refractivity contribution in [3.63, 3.8) is 0 Å². The summed E-state index contributed by atoms with van der Waals surface area (Å²) in [5.41, 5.74) is 0.732. The lowest BCUT2D eigenvalue weighted by Gasteiger charge is -2.24. The molecule has 2 aliphatic heterocycles. The first kappa shape index (κ1) is 22.1. The van der Waals surface area contributed by atoms with Crippen molar-refractivity contribution in [2.75, 3.05) is 24.5 Å². The molecular formula is C21H23ClN6O4S. The van der Waals surface area contributed by atoms with Crippen LogP contribution in [0.1, 0.15) is 43.3 Å². The lowest BCUT2D eigenvalue weighted by molar-refractivity contribution is -0.117. The maximum absolute atomic E-state index is 12.8. The first-order valence-electron chi connectivity index (χ1n) is 10.8.